The molecule has 0 aliphatic carbocycles. The van der Waals surface area contributed by atoms with Crippen LogP contribution in [0.4, 0.5) is 5.82 Å². The van der Waals surface area contributed by atoms with E-state index >= 15 is 0 Å². The zero-order valence-electron chi connectivity index (χ0n) is 12.7. The Hall–Kier alpha value is -2.10. The molecular formula is C16H21N3O. The largest absolute Gasteiger partial charge is 0.491 e. The Labute approximate surface area is 120 Å². The van der Waals surface area contributed by atoms with Crippen molar-refractivity contribution in [2.75, 3.05) is 19.0 Å². The minimum atomic E-state index is 0.699. The predicted molar refractivity (Wildman–Crippen MR) is 82.4 cm³/mol. The highest BCUT2D eigenvalue weighted by Gasteiger charge is 2.17. The molecule has 0 bridgehead atoms. The second-order valence-electron chi connectivity index (χ2n) is 4.91. The number of benzene rings is 1. The summed E-state index contributed by atoms with van der Waals surface area (Å²) in [5.41, 5.74) is 5.61. The van der Waals surface area contributed by atoms with Crippen LogP contribution >= 0.6 is 0 Å². The Morgan fingerprint density at radius 3 is 2.30 bits per heavy atom. The highest BCUT2D eigenvalue weighted by atomic mass is 16.5. The van der Waals surface area contributed by atoms with Crippen molar-refractivity contribution in [2.24, 2.45) is 0 Å². The van der Waals surface area contributed by atoms with Gasteiger partial charge in [0.1, 0.15) is 12.0 Å². The molecule has 2 aromatic rings. The summed E-state index contributed by atoms with van der Waals surface area (Å²) in [4.78, 5) is 8.69. The van der Waals surface area contributed by atoms with Crippen LogP contribution in [0.25, 0.3) is 11.3 Å². The lowest BCUT2D eigenvalue weighted by atomic mass is 9.96. The maximum atomic E-state index is 5.54. The van der Waals surface area contributed by atoms with E-state index in [9.17, 15) is 0 Å². The zero-order valence-corrected chi connectivity index (χ0v) is 12.7. The molecule has 1 aromatic carbocycles. The van der Waals surface area contributed by atoms with Crippen LogP contribution in [0, 0.1) is 20.8 Å². The topological polar surface area (TPSA) is 47.0 Å². The summed E-state index contributed by atoms with van der Waals surface area (Å²) in [5, 5.41) is 3.21. The fraction of sp³-hybridized carbons (Fsp3) is 0.375. The number of hydrogen-bond donors (Lipinski definition) is 1. The first-order valence-electron chi connectivity index (χ1n) is 6.79. The van der Waals surface area contributed by atoms with Gasteiger partial charge in [0.05, 0.1) is 7.11 Å². The van der Waals surface area contributed by atoms with Crippen molar-refractivity contribution < 1.29 is 4.74 Å². The molecule has 106 valence electrons. The standard InChI is InChI=1S/C16H21N3O/c1-6-17-16-15(20-5)14(18-9-19-16)13-11(3)7-10(2)8-12(13)4/h7-9H,6H2,1-5H3,(H,17,18,19). The molecule has 4 heteroatoms. The Kier molecular flexibility index (Phi) is 4.23. The van der Waals surface area contributed by atoms with Gasteiger partial charge in [-0.1, -0.05) is 17.7 Å². The molecule has 0 saturated carbocycles. The van der Waals surface area contributed by atoms with E-state index in [1.807, 2.05) is 6.92 Å². The normalized spacial score (nSPS) is 10.4. The van der Waals surface area contributed by atoms with Crippen LogP contribution in [-0.4, -0.2) is 23.6 Å². The van der Waals surface area contributed by atoms with Gasteiger partial charge in [0.25, 0.3) is 0 Å². The average Bonchev–Trinajstić information content (AvgIpc) is 2.38. The quantitative estimate of drug-likeness (QED) is 0.924. The zero-order chi connectivity index (χ0) is 14.7. The smallest absolute Gasteiger partial charge is 0.187 e. The fourth-order valence-electron chi connectivity index (χ4n) is 2.59. The summed E-state index contributed by atoms with van der Waals surface area (Å²) in [6.45, 7) is 9.13. The molecule has 0 amide bonds. The Morgan fingerprint density at radius 2 is 1.75 bits per heavy atom. The number of nitrogens with zero attached hydrogens (tertiary/aromatic N) is 2. The maximum absolute atomic E-state index is 5.54. The van der Waals surface area contributed by atoms with Crippen molar-refractivity contribution in [3.8, 4) is 17.0 Å². The second-order valence-corrected chi connectivity index (χ2v) is 4.91. The lowest BCUT2D eigenvalue weighted by molar-refractivity contribution is 0.414. The van der Waals surface area contributed by atoms with Gasteiger partial charge < -0.3 is 10.1 Å². The van der Waals surface area contributed by atoms with Gasteiger partial charge in [-0.2, -0.15) is 0 Å². The fourth-order valence-corrected chi connectivity index (χ4v) is 2.59. The predicted octanol–water partition coefficient (Wildman–Crippen LogP) is 3.51. The first-order valence-corrected chi connectivity index (χ1v) is 6.79. The number of anilines is 1. The molecule has 0 atom stereocenters. The van der Waals surface area contributed by atoms with E-state index in [2.05, 4.69) is 48.2 Å². The van der Waals surface area contributed by atoms with Gasteiger partial charge in [-0.25, -0.2) is 9.97 Å². The molecule has 0 unspecified atom stereocenters. The van der Waals surface area contributed by atoms with Crippen molar-refractivity contribution in [3.05, 3.63) is 35.2 Å². The van der Waals surface area contributed by atoms with Crippen molar-refractivity contribution in [1.82, 2.24) is 9.97 Å². The van der Waals surface area contributed by atoms with Crippen LogP contribution in [0.15, 0.2) is 18.5 Å². The number of hydrogen-bond acceptors (Lipinski definition) is 4. The molecule has 2 rings (SSSR count). The van der Waals surface area contributed by atoms with E-state index < -0.39 is 0 Å². The number of aromatic nitrogens is 2. The van der Waals surface area contributed by atoms with E-state index in [-0.39, 0.29) is 0 Å². The molecule has 1 aromatic heterocycles. The Morgan fingerprint density at radius 1 is 1.10 bits per heavy atom. The SMILES string of the molecule is CCNc1ncnc(-c2c(C)cc(C)cc2C)c1OC. The van der Waals surface area contributed by atoms with Gasteiger partial charge in [-0.15, -0.1) is 0 Å². The summed E-state index contributed by atoms with van der Waals surface area (Å²) < 4.78 is 5.54. The molecule has 4 nitrogen and oxygen atoms in total. The summed E-state index contributed by atoms with van der Waals surface area (Å²) in [7, 11) is 1.65. The molecular weight excluding hydrogens is 250 g/mol. The van der Waals surface area contributed by atoms with Crippen LogP contribution in [-0.2, 0) is 0 Å². The van der Waals surface area contributed by atoms with Gasteiger partial charge in [0.15, 0.2) is 11.6 Å². The van der Waals surface area contributed by atoms with Crippen molar-refractivity contribution >= 4 is 5.82 Å². The number of aryl methyl sites for hydroxylation is 3. The first-order chi connectivity index (χ1) is 9.58. The van der Waals surface area contributed by atoms with E-state index in [0.717, 1.165) is 23.6 Å². The molecule has 0 aliphatic heterocycles. The van der Waals surface area contributed by atoms with Gasteiger partial charge >= 0.3 is 0 Å². The van der Waals surface area contributed by atoms with Crippen molar-refractivity contribution in [2.45, 2.75) is 27.7 Å². The minimum Gasteiger partial charge on any atom is -0.491 e. The van der Waals surface area contributed by atoms with E-state index in [1.54, 1.807) is 13.4 Å². The number of nitrogens with one attached hydrogen (secondary N) is 1. The molecule has 1 heterocycles. The minimum absolute atomic E-state index is 0.699. The Bertz CT molecular complexity index is 600. The van der Waals surface area contributed by atoms with Gasteiger partial charge in [-0.05, 0) is 38.8 Å². The molecule has 0 fully saturated rings. The second kappa shape index (κ2) is 5.90. The summed E-state index contributed by atoms with van der Waals surface area (Å²) in [6, 6.07) is 4.33. The van der Waals surface area contributed by atoms with Crippen molar-refractivity contribution in [1.29, 1.82) is 0 Å². The monoisotopic (exact) mass is 271 g/mol. The van der Waals surface area contributed by atoms with Crippen LogP contribution in [0.2, 0.25) is 0 Å². The third-order valence-corrected chi connectivity index (χ3v) is 3.27. The molecule has 0 aliphatic rings. The highest BCUT2D eigenvalue weighted by Crippen LogP contribution is 2.36. The maximum Gasteiger partial charge on any atom is 0.187 e. The van der Waals surface area contributed by atoms with Crippen LogP contribution in [0.1, 0.15) is 23.6 Å². The summed E-state index contributed by atoms with van der Waals surface area (Å²) >= 11 is 0. The van der Waals surface area contributed by atoms with Gasteiger partial charge in [-0.3, -0.25) is 0 Å². The Balaban J connectivity index is 2.67. The molecule has 0 spiro atoms. The lowest BCUT2D eigenvalue weighted by Crippen LogP contribution is -2.05. The highest BCUT2D eigenvalue weighted by molar-refractivity contribution is 5.77. The molecule has 20 heavy (non-hydrogen) atoms. The molecule has 1 N–H and O–H groups in total. The third kappa shape index (κ3) is 2.59. The number of rotatable bonds is 4. The van der Waals surface area contributed by atoms with Gasteiger partial charge in [0.2, 0.25) is 0 Å². The van der Waals surface area contributed by atoms with Gasteiger partial charge in [0, 0.05) is 12.1 Å². The van der Waals surface area contributed by atoms with Crippen LogP contribution in [0.5, 0.6) is 5.75 Å². The average molecular weight is 271 g/mol. The van der Waals surface area contributed by atoms with Crippen LogP contribution < -0.4 is 10.1 Å². The number of ether oxygens (including phenoxy) is 1. The lowest BCUT2D eigenvalue weighted by Gasteiger charge is -2.16. The number of methoxy groups -OCH3 is 1. The van der Waals surface area contributed by atoms with Crippen LogP contribution in [0.3, 0.4) is 0 Å². The van der Waals surface area contributed by atoms with E-state index in [4.69, 9.17) is 4.74 Å². The van der Waals surface area contributed by atoms with E-state index in [1.165, 1.54) is 16.7 Å². The van der Waals surface area contributed by atoms with Crippen molar-refractivity contribution in [3.63, 3.8) is 0 Å². The molecule has 0 saturated heterocycles. The summed E-state index contributed by atoms with van der Waals surface area (Å²) in [5.74, 6) is 1.43. The first kappa shape index (κ1) is 14.3. The molecule has 0 radical (unpaired) electrons. The van der Waals surface area contributed by atoms with E-state index in [0.29, 0.717) is 5.75 Å². The third-order valence-electron chi connectivity index (χ3n) is 3.27. The summed E-state index contributed by atoms with van der Waals surface area (Å²) in [6.07, 6.45) is 1.58.